The van der Waals surface area contributed by atoms with Gasteiger partial charge in [0.2, 0.25) is 0 Å². The molecule has 0 unspecified atom stereocenters. The number of hydrogen-bond donors (Lipinski definition) is 0. The van der Waals surface area contributed by atoms with Crippen molar-refractivity contribution in [2.75, 3.05) is 0 Å². The molecule has 0 spiro atoms. The molecule has 0 aliphatic heterocycles. The van der Waals surface area contributed by atoms with Gasteiger partial charge < -0.3 is 4.74 Å². The van der Waals surface area contributed by atoms with E-state index in [1.165, 1.54) is 0 Å². The van der Waals surface area contributed by atoms with Crippen LogP contribution < -0.4 is 0 Å². The molecule has 0 radical (unpaired) electrons. The summed E-state index contributed by atoms with van der Waals surface area (Å²) < 4.78 is 6.05. The first-order chi connectivity index (χ1) is 14.4. The number of ether oxygens (including phenoxy) is 1. The molecule has 0 bridgehead atoms. The topological polar surface area (TPSA) is 9.23 Å². The number of rotatable bonds is 6. The van der Waals surface area contributed by atoms with Crippen LogP contribution in [-0.2, 0) is 4.74 Å². The molecule has 140 valence electrons. The molecule has 29 heavy (non-hydrogen) atoms. The Morgan fingerprint density at radius 2 is 0.621 bits per heavy atom. The average Bonchev–Trinajstić information content (AvgIpc) is 2.81. The molecule has 0 fully saturated rings. The van der Waals surface area contributed by atoms with Crippen molar-refractivity contribution in [1.82, 2.24) is 0 Å². The predicted molar refractivity (Wildman–Crippen MR) is 121 cm³/mol. The van der Waals surface area contributed by atoms with Gasteiger partial charge in [0.1, 0.15) is 0 Å². The van der Waals surface area contributed by atoms with Crippen LogP contribution in [0.4, 0.5) is 0 Å². The summed E-state index contributed by atoms with van der Waals surface area (Å²) in [6.07, 6.45) is 3.66. The van der Waals surface area contributed by atoms with Crippen LogP contribution in [0.15, 0.2) is 134 Å². The van der Waals surface area contributed by atoms with Crippen molar-refractivity contribution in [1.29, 1.82) is 0 Å². The molecule has 0 atom stereocenters. The van der Waals surface area contributed by atoms with E-state index in [0.29, 0.717) is 0 Å². The van der Waals surface area contributed by atoms with E-state index in [2.05, 4.69) is 48.5 Å². The second kappa shape index (κ2) is 9.38. The van der Waals surface area contributed by atoms with Crippen LogP contribution in [0.2, 0.25) is 0 Å². The van der Waals surface area contributed by atoms with Crippen molar-refractivity contribution in [3.05, 3.63) is 156 Å². The third kappa shape index (κ3) is 4.72. The maximum atomic E-state index is 6.05. The zero-order valence-electron chi connectivity index (χ0n) is 16.1. The Kier molecular flexibility index (Phi) is 5.99. The molecule has 0 saturated heterocycles. The summed E-state index contributed by atoms with van der Waals surface area (Å²) in [5, 5.41) is 0. The van der Waals surface area contributed by atoms with Gasteiger partial charge in [-0.25, -0.2) is 0 Å². The molecule has 0 aliphatic carbocycles. The van der Waals surface area contributed by atoms with Crippen molar-refractivity contribution in [2.45, 2.75) is 0 Å². The summed E-state index contributed by atoms with van der Waals surface area (Å²) in [6.45, 7) is 0. The molecule has 4 aromatic rings. The second-order valence-corrected chi connectivity index (χ2v) is 6.66. The van der Waals surface area contributed by atoms with Gasteiger partial charge >= 0.3 is 0 Å². The first-order valence-electron chi connectivity index (χ1n) is 9.69. The van der Waals surface area contributed by atoms with Crippen LogP contribution in [0.3, 0.4) is 0 Å². The van der Waals surface area contributed by atoms with Gasteiger partial charge in [-0.1, -0.05) is 121 Å². The molecular formula is C28H22O. The largest absolute Gasteiger partial charge is 0.471 e. The van der Waals surface area contributed by atoms with E-state index in [4.69, 9.17) is 4.74 Å². The molecule has 1 nitrogen and oxygen atoms in total. The Balaban J connectivity index is 1.72. The maximum absolute atomic E-state index is 6.05. The SMILES string of the molecule is C(OC=C(c1ccccc1)c1ccccc1)=C(c1ccccc1)c1ccccc1. The lowest BCUT2D eigenvalue weighted by atomic mass is 9.99. The van der Waals surface area contributed by atoms with Crippen LogP contribution in [0, 0.1) is 0 Å². The molecule has 0 heterocycles. The highest BCUT2D eigenvalue weighted by molar-refractivity contribution is 5.80. The van der Waals surface area contributed by atoms with E-state index in [0.717, 1.165) is 33.4 Å². The quantitative estimate of drug-likeness (QED) is 0.325. The Bertz CT molecular complexity index is 906. The van der Waals surface area contributed by atoms with Crippen LogP contribution in [0.5, 0.6) is 0 Å². The van der Waals surface area contributed by atoms with Crippen molar-refractivity contribution in [3.8, 4) is 0 Å². The monoisotopic (exact) mass is 374 g/mol. The van der Waals surface area contributed by atoms with E-state index in [-0.39, 0.29) is 0 Å². The first-order valence-corrected chi connectivity index (χ1v) is 9.69. The lowest BCUT2D eigenvalue weighted by Crippen LogP contribution is -1.91. The standard InChI is InChI=1S/C28H22O/c1-5-13-23(14-6-1)27(24-15-7-2-8-16-24)21-29-22-28(25-17-9-3-10-18-25)26-19-11-4-12-20-26/h1-22H. The highest BCUT2D eigenvalue weighted by Crippen LogP contribution is 2.26. The van der Waals surface area contributed by atoms with Gasteiger partial charge in [-0.2, -0.15) is 0 Å². The van der Waals surface area contributed by atoms with Crippen molar-refractivity contribution in [3.63, 3.8) is 0 Å². The van der Waals surface area contributed by atoms with Crippen molar-refractivity contribution >= 4 is 11.1 Å². The molecule has 0 saturated carbocycles. The van der Waals surface area contributed by atoms with Crippen LogP contribution in [0.1, 0.15) is 22.3 Å². The Morgan fingerprint density at radius 3 is 0.862 bits per heavy atom. The summed E-state index contributed by atoms with van der Waals surface area (Å²) in [6, 6.07) is 41.2. The first kappa shape index (κ1) is 18.5. The lowest BCUT2D eigenvalue weighted by Gasteiger charge is -2.10. The minimum absolute atomic E-state index is 1.04. The fourth-order valence-electron chi connectivity index (χ4n) is 3.25. The van der Waals surface area contributed by atoms with Gasteiger partial charge in [0.15, 0.2) is 0 Å². The fraction of sp³-hybridized carbons (Fsp3) is 0. The fourth-order valence-corrected chi connectivity index (χ4v) is 3.25. The van der Waals surface area contributed by atoms with Crippen molar-refractivity contribution in [2.24, 2.45) is 0 Å². The third-order valence-electron chi connectivity index (χ3n) is 4.71. The van der Waals surface area contributed by atoms with Gasteiger partial charge in [0.25, 0.3) is 0 Å². The molecule has 1 heteroatoms. The van der Waals surface area contributed by atoms with Crippen molar-refractivity contribution < 1.29 is 4.74 Å². The minimum atomic E-state index is 1.04. The average molecular weight is 374 g/mol. The summed E-state index contributed by atoms with van der Waals surface area (Å²) in [4.78, 5) is 0. The van der Waals surface area contributed by atoms with Gasteiger partial charge in [-0.05, 0) is 22.3 Å². The third-order valence-corrected chi connectivity index (χ3v) is 4.71. The smallest absolute Gasteiger partial charge is 0.0986 e. The Hall–Kier alpha value is -3.84. The number of benzene rings is 4. The van der Waals surface area contributed by atoms with Crippen LogP contribution in [-0.4, -0.2) is 0 Å². The second-order valence-electron chi connectivity index (χ2n) is 6.66. The van der Waals surface area contributed by atoms with Gasteiger partial charge in [-0.3, -0.25) is 0 Å². The normalized spacial score (nSPS) is 10.1. The maximum Gasteiger partial charge on any atom is 0.0986 e. The van der Waals surface area contributed by atoms with Gasteiger partial charge in [0, 0.05) is 11.1 Å². The van der Waals surface area contributed by atoms with Gasteiger partial charge in [-0.15, -0.1) is 0 Å². The van der Waals surface area contributed by atoms with E-state index < -0.39 is 0 Å². The molecule has 0 N–H and O–H groups in total. The summed E-state index contributed by atoms with van der Waals surface area (Å²) >= 11 is 0. The molecule has 0 aliphatic rings. The van der Waals surface area contributed by atoms with E-state index in [1.807, 2.05) is 85.3 Å². The molecule has 0 aromatic heterocycles. The van der Waals surface area contributed by atoms with E-state index in [1.54, 1.807) is 0 Å². The van der Waals surface area contributed by atoms with Gasteiger partial charge in [0.05, 0.1) is 12.5 Å². The van der Waals surface area contributed by atoms with E-state index >= 15 is 0 Å². The predicted octanol–water partition coefficient (Wildman–Crippen LogP) is 7.18. The summed E-state index contributed by atoms with van der Waals surface area (Å²) in [5.74, 6) is 0. The Morgan fingerprint density at radius 1 is 0.379 bits per heavy atom. The van der Waals surface area contributed by atoms with Crippen LogP contribution >= 0.6 is 0 Å². The highest BCUT2D eigenvalue weighted by atomic mass is 16.5. The molecule has 4 rings (SSSR count). The summed E-state index contributed by atoms with van der Waals surface area (Å²) in [7, 11) is 0. The minimum Gasteiger partial charge on any atom is -0.471 e. The zero-order chi connectivity index (χ0) is 19.7. The number of hydrogen-bond acceptors (Lipinski definition) is 1. The van der Waals surface area contributed by atoms with E-state index in [9.17, 15) is 0 Å². The molecule has 0 amide bonds. The summed E-state index contributed by atoms with van der Waals surface area (Å²) in [5.41, 5.74) is 6.56. The Labute approximate surface area is 172 Å². The van der Waals surface area contributed by atoms with Crippen LogP contribution in [0.25, 0.3) is 11.1 Å². The molecular weight excluding hydrogens is 352 g/mol. The highest BCUT2D eigenvalue weighted by Gasteiger charge is 2.07. The molecule has 4 aromatic carbocycles. The zero-order valence-corrected chi connectivity index (χ0v) is 16.1. The lowest BCUT2D eigenvalue weighted by molar-refractivity contribution is 0.407.